The van der Waals surface area contributed by atoms with E-state index >= 15 is 0 Å². The summed E-state index contributed by atoms with van der Waals surface area (Å²) in [6.45, 7) is 3.18. The summed E-state index contributed by atoms with van der Waals surface area (Å²) in [6, 6.07) is 12.9. The molecular formula is C26H33FN2O3. The fraction of sp³-hybridized carbons (Fsp3) is 0.500. The standard InChI is InChI=1S/C26H33FN2O3/c1-29-13-9-21(10-14-29)28-25(30)26(11-15-32-16-12-26)18-19-5-3-6-20(17-19)24-22(27)7-4-8-23(24)31-2/h3-8,17,21H,9-16,18H2,1-2H3,(H,28,30). The van der Waals surface area contributed by atoms with Crippen molar-refractivity contribution < 1.29 is 18.7 Å². The van der Waals surface area contributed by atoms with E-state index in [1.807, 2.05) is 24.3 Å². The number of halogens is 1. The van der Waals surface area contributed by atoms with Gasteiger partial charge in [-0.15, -0.1) is 0 Å². The second kappa shape index (κ2) is 10.0. The first kappa shape index (κ1) is 22.7. The highest BCUT2D eigenvalue weighted by Gasteiger charge is 2.41. The molecule has 0 atom stereocenters. The number of likely N-dealkylation sites (tertiary alicyclic amines) is 1. The highest BCUT2D eigenvalue weighted by molar-refractivity contribution is 5.83. The summed E-state index contributed by atoms with van der Waals surface area (Å²) in [5, 5.41) is 3.34. The number of ether oxygens (including phenoxy) is 2. The number of carbonyl (C=O) groups excluding carboxylic acids is 1. The van der Waals surface area contributed by atoms with Crippen LogP contribution in [0.15, 0.2) is 42.5 Å². The van der Waals surface area contributed by atoms with Crippen LogP contribution in [0.3, 0.4) is 0 Å². The van der Waals surface area contributed by atoms with Gasteiger partial charge in [-0.1, -0.05) is 30.3 Å². The molecule has 4 rings (SSSR count). The molecule has 2 aliphatic heterocycles. The van der Waals surface area contributed by atoms with Gasteiger partial charge in [0.15, 0.2) is 0 Å². The molecule has 2 fully saturated rings. The quantitative estimate of drug-likeness (QED) is 0.736. The second-order valence-corrected chi connectivity index (χ2v) is 9.14. The molecule has 0 spiro atoms. The Bertz CT molecular complexity index is 934. The Balaban J connectivity index is 1.57. The molecule has 2 aromatic rings. The number of benzene rings is 2. The van der Waals surface area contributed by atoms with Crippen LogP contribution in [-0.2, 0) is 16.0 Å². The molecule has 172 valence electrons. The molecule has 2 aromatic carbocycles. The molecule has 0 aromatic heterocycles. The Morgan fingerprint density at radius 1 is 1.19 bits per heavy atom. The molecule has 2 saturated heterocycles. The smallest absolute Gasteiger partial charge is 0.226 e. The average molecular weight is 441 g/mol. The third-order valence-corrected chi connectivity index (χ3v) is 6.94. The lowest BCUT2D eigenvalue weighted by atomic mass is 9.74. The van der Waals surface area contributed by atoms with Gasteiger partial charge < -0.3 is 19.7 Å². The highest BCUT2D eigenvalue weighted by atomic mass is 19.1. The Morgan fingerprint density at radius 3 is 2.62 bits per heavy atom. The maximum atomic E-state index is 14.6. The molecule has 0 radical (unpaired) electrons. The third kappa shape index (κ3) is 4.97. The van der Waals surface area contributed by atoms with Crippen LogP contribution >= 0.6 is 0 Å². The van der Waals surface area contributed by atoms with Crippen molar-refractivity contribution in [3.05, 3.63) is 53.8 Å². The Morgan fingerprint density at radius 2 is 1.91 bits per heavy atom. The van der Waals surface area contributed by atoms with E-state index in [9.17, 15) is 9.18 Å². The van der Waals surface area contributed by atoms with Crippen LogP contribution in [0.4, 0.5) is 4.39 Å². The number of carbonyl (C=O) groups is 1. The topological polar surface area (TPSA) is 50.8 Å². The van der Waals surface area contributed by atoms with Gasteiger partial charge in [0.25, 0.3) is 0 Å². The summed E-state index contributed by atoms with van der Waals surface area (Å²) in [4.78, 5) is 15.8. The molecule has 2 heterocycles. The molecule has 2 aliphatic rings. The van der Waals surface area contributed by atoms with E-state index in [4.69, 9.17) is 9.47 Å². The van der Waals surface area contributed by atoms with E-state index in [2.05, 4.69) is 17.3 Å². The molecular weight excluding hydrogens is 407 g/mol. The minimum absolute atomic E-state index is 0.129. The van der Waals surface area contributed by atoms with E-state index < -0.39 is 5.41 Å². The van der Waals surface area contributed by atoms with Gasteiger partial charge in [-0.3, -0.25) is 4.79 Å². The van der Waals surface area contributed by atoms with Gasteiger partial charge in [0.05, 0.1) is 18.1 Å². The minimum Gasteiger partial charge on any atom is -0.496 e. The number of methoxy groups -OCH3 is 1. The summed E-state index contributed by atoms with van der Waals surface area (Å²) < 4.78 is 25.6. The van der Waals surface area contributed by atoms with Crippen LogP contribution in [0.1, 0.15) is 31.2 Å². The molecule has 1 amide bonds. The third-order valence-electron chi connectivity index (χ3n) is 6.94. The molecule has 0 bridgehead atoms. The van der Waals surface area contributed by atoms with Crippen LogP contribution in [0, 0.1) is 11.2 Å². The van der Waals surface area contributed by atoms with Crippen molar-refractivity contribution >= 4 is 5.91 Å². The van der Waals surface area contributed by atoms with Crippen molar-refractivity contribution in [1.29, 1.82) is 0 Å². The summed E-state index contributed by atoms with van der Waals surface area (Å²) in [5.41, 5.74) is 1.73. The highest BCUT2D eigenvalue weighted by Crippen LogP contribution is 2.38. The largest absolute Gasteiger partial charge is 0.496 e. The second-order valence-electron chi connectivity index (χ2n) is 9.14. The van der Waals surface area contributed by atoms with E-state index in [0.717, 1.165) is 37.1 Å². The first-order chi connectivity index (χ1) is 15.5. The first-order valence-electron chi connectivity index (χ1n) is 11.5. The fourth-order valence-corrected chi connectivity index (χ4v) is 4.92. The maximum absolute atomic E-state index is 14.6. The lowest BCUT2D eigenvalue weighted by Gasteiger charge is -2.38. The molecule has 0 unspecified atom stereocenters. The van der Waals surface area contributed by atoms with Crippen LogP contribution in [0.5, 0.6) is 5.75 Å². The van der Waals surface area contributed by atoms with E-state index in [1.54, 1.807) is 19.2 Å². The van der Waals surface area contributed by atoms with Gasteiger partial charge in [0.1, 0.15) is 11.6 Å². The van der Waals surface area contributed by atoms with Gasteiger partial charge in [0, 0.05) is 19.3 Å². The fourth-order valence-electron chi connectivity index (χ4n) is 4.92. The van der Waals surface area contributed by atoms with Crippen molar-refractivity contribution in [2.24, 2.45) is 5.41 Å². The van der Waals surface area contributed by atoms with Crippen molar-refractivity contribution in [1.82, 2.24) is 10.2 Å². The summed E-state index contributed by atoms with van der Waals surface area (Å²) >= 11 is 0. The SMILES string of the molecule is COc1cccc(F)c1-c1cccc(CC2(C(=O)NC3CCN(C)CC3)CCOCC2)c1. The zero-order chi connectivity index (χ0) is 22.6. The number of amides is 1. The van der Waals surface area contributed by atoms with Gasteiger partial charge in [-0.25, -0.2) is 4.39 Å². The van der Waals surface area contributed by atoms with Crippen molar-refractivity contribution in [2.45, 2.75) is 38.1 Å². The maximum Gasteiger partial charge on any atom is 0.226 e. The van der Waals surface area contributed by atoms with E-state index in [1.165, 1.54) is 6.07 Å². The lowest BCUT2D eigenvalue weighted by molar-refractivity contribution is -0.137. The molecule has 0 saturated carbocycles. The number of rotatable bonds is 6. The van der Waals surface area contributed by atoms with Gasteiger partial charge in [-0.05, 0) is 75.5 Å². The number of hydrogen-bond donors (Lipinski definition) is 1. The van der Waals surface area contributed by atoms with Gasteiger partial charge >= 0.3 is 0 Å². The predicted octanol–water partition coefficient (Wildman–Crippen LogP) is 4.05. The van der Waals surface area contributed by atoms with Crippen LogP contribution in [0.25, 0.3) is 11.1 Å². The summed E-state index contributed by atoms with van der Waals surface area (Å²) in [5.74, 6) is 0.314. The number of hydrogen-bond acceptors (Lipinski definition) is 4. The lowest BCUT2D eigenvalue weighted by Crippen LogP contribution is -2.51. The minimum atomic E-state index is -0.500. The Kier molecular flexibility index (Phi) is 7.11. The molecule has 32 heavy (non-hydrogen) atoms. The monoisotopic (exact) mass is 440 g/mol. The van der Waals surface area contributed by atoms with E-state index in [0.29, 0.717) is 43.8 Å². The zero-order valence-corrected chi connectivity index (χ0v) is 19.0. The van der Waals surface area contributed by atoms with Gasteiger partial charge in [0.2, 0.25) is 5.91 Å². The number of piperidine rings is 1. The molecule has 0 aliphatic carbocycles. The van der Waals surface area contributed by atoms with Crippen molar-refractivity contribution in [3.63, 3.8) is 0 Å². The molecule has 5 nitrogen and oxygen atoms in total. The first-order valence-corrected chi connectivity index (χ1v) is 11.5. The number of nitrogens with zero attached hydrogens (tertiary/aromatic N) is 1. The summed E-state index contributed by atoms with van der Waals surface area (Å²) in [6.07, 6.45) is 3.96. The zero-order valence-electron chi connectivity index (χ0n) is 19.0. The van der Waals surface area contributed by atoms with Crippen molar-refractivity contribution in [3.8, 4) is 16.9 Å². The Labute approximate surface area is 189 Å². The average Bonchev–Trinajstić information content (AvgIpc) is 2.81. The summed E-state index contributed by atoms with van der Waals surface area (Å²) in [7, 11) is 3.67. The van der Waals surface area contributed by atoms with Crippen LogP contribution in [-0.4, -0.2) is 57.3 Å². The normalized spacial score (nSPS) is 19.5. The van der Waals surface area contributed by atoms with Crippen LogP contribution < -0.4 is 10.1 Å². The van der Waals surface area contributed by atoms with Crippen molar-refractivity contribution in [2.75, 3.05) is 40.5 Å². The predicted molar refractivity (Wildman–Crippen MR) is 123 cm³/mol. The number of nitrogens with one attached hydrogen (secondary N) is 1. The van der Waals surface area contributed by atoms with E-state index in [-0.39, 0.29) is 17.8 Å². The Hall–Kier alpha value is -2.44. The molecule has 1 N–H and O–H groups in total. The molecule has 6 heteroatoms. The van der Waals surface area contributed by atoms with Crippen LogP contribution in [0.2, 0.25) is 0 Å². The van der Waals surface area contributed by atoms with Gasteiger partial charge in [-0.2, -0.15) is 0 Å².